The molecule has 0 aliphatic heterocycles. The molecule has 25 heavy (non-hydrogen) atoms. The van der Waals surface area contributed by atoms with Crippen LogP contribution in [0.5, 0.6) is 11.5 Å². The van der Waals surface area contributed by atoms with Crippen LogP contribution < -0.4 is 9.47 Å². The summed E-state index contributed by atoms with van der Waals surface area (Å²) in [5.41, 5.74) is 1.92. The fourth-order valence-corrected chi connectivity index (χ4v) is 2.17. The Morgan fingerprint density at radius 1 is 1.08 bits per heavy atom. The first-order chi connectivity index (χ1) is 12.2. The van der Waals surface area contributed by atoms with Crippen molar-refractivity contribution in [3.05, 3.63) is 65.7 Å². The molecule has 0 spiro atoms. The van der Waals surface area contributed by atoms with Gasteiger partial charge in [0.2, 0.25) is 0 Å². The quantitative estimate of drug-likeness (QED) is 0.379. The normalized spacial score (nSPS) is 10.6. The summed E-state index contributed by atoms with van der Waals surface area (Å²) in [6.07, 6.45) is 5.01. The number of methoxy groups -OCH3 is 1. The van der Waals surface area contributed by atoms with E-state index in [4.69, 9.17) is 14.2 Å². The fraction of sp³-hybridized carbons (Fsp3) is 0.286. The van der Waals surface area contributed by atoms with Gasteiger partial charge in [0, 0.05) is 6.08 Å². The Balaban J connectivity index is 2.01. The molecule has 4 heteroatoms. The summed E-state index contributed by atoms with van der Waals surface area (Å²) in [6, 6.07) is 15.4. The molecular weight excluding hydrogens is 316 g/mol. The van der Waals surface area contributed by atoms with E-state index >= 15 is 0 Å². The van der Waals surface area contributed by atoms with Gasteiger partial charge < -0.3 is 14.2 Å². The van der Waals surface area contributed by atoms with Gasteiger partial charge in [0.25, 0.3) is 0 Å². The van der Waals surface area contributed by atoms with Crippen LogP contribution in [0, 0.1) is 0 Å². The minimum atomic E-state index is -0.337. The van der Waals surface area contributed by atoms with Crippen molar-refractivity contribution in [3.8, 4) is 11.5 Å². The second-order valence-electron chi connectivity index (χ2n) is 5.54. The number of hydrogen-bond acceptors (Lipinski definition) is 4. The van der Waals surface area contributed by atoms with Crippen LogP contribution in [-0.2, 0) is 16.1 Å². The van der Waals surface area contributed by atoms with Crippen LogP contribution in [0.4, 0.5) is 0 Å². The largest absolute Gasteiger partial charge is 0.493 e. The second kappa shape index (κ2) is 10.2. The molecule has 0 bridgehead atoms. The molecule has 0 aliphatic rings. The number of rotatable bonds is 9. The number of esters is 1. The van der Waals surface area contributed by atoms with E-state index in [9.17, 15) is 4.79 Å². The lowest BCUT2D eigenvalue weighted by Crippen LogP contribution is -2.01. The predicted molar refractivity (Wildman–Crippen MR) is 98.7 cm³/mol. The lowest BCUT2D eigenvalue weighted by molar-refractivity contribution is -0.137. The van der Waals surface area contributed by atoms with E-state index in [0.717, 1.165) is 24.0 Å². The minimum Gasteiger partial charge on any atom is -0.493 e. The van der Waals surface area contributed by atoms with Crippen molar-refractivity contribution < 1.29 is 19.0 Å². The first-order valence-corrected chi connectivity index (χ1v) is 8.42. The van der Waals surface area contributed by atoms with Crippen molar-refractivity contribution in [2.24, 2.45) is 0 Å². The molecule has 0 fully saturated rings. The maximum Gasteiger partial charge on any atom is 0.330 e. The molecule has 0 heterocycles. The molecule has 2 aromatic carbocycles. The van der Waals surface area contributed by atoms with E-state index in [1.807, 2.05) is 48.5 Å². The highest BCUT2D eigenvalue weighted by Crippen LogP contribution is 2.29. The molecule has 2 aromatic rings. The van der Waals surface area contributed by atoms with Crippen molar-refractivity contribution in [1.82, 2.24) is 0 Å². The summed E-state index contributed by atoms with van der Waals surface area (Å²) in [7, 11) is 1.60. The topological polar surface area (TPSA) is 44.8 Å². The molecule has 0 amide bonds. The third kappa shape index (κ3) is 6.34. The maximum absolute atomic E-state index is 11.6. The predicted octanol–water partition coefficient (Wildman–Crippen LogP) is 4.63. The van der Waals surface area contributed by atoms with Gasteiger partial charge in [-0.1, -0.05) is 49.7 Å². The number of unbranched alkanes of at least 4 members (excludes halogenated alkanes) is 1. The molecule has 0 N–H and O–H groups in total. The Kier molecular flexibility index (Phi) is 7.57. The fourth-order valence-electron chi connectivity index (χ4n) is 2.17. The van der Waals surface area contributed by atoms with Gasteiger partial charge in [-0.3, -0.25) is 0 Å². The van der Waals surface area contributed by atoms with Crippen LogP contribution in [0.2, 0.25) is 0 Å². The minimum absolute atomic E-state index is 0.337. The summed E-state index contributed by atoms with van der Waals surface area (Å²) in [5, 5.41) is 0. The smallest absolute Gasteiger partial charge is 0.330 e. The summed E-state index contributed by atoms with van der Waals surface area (Å²) in [4.78, 5) is 11.6. The van der Waals surface area contributed by atoms with Gasteiger partial charge in [0.1, 0.15) is 6.61 Å². The molecule has 4 nitrogen and oxygen atoms in total. The second-order valence-corrected chi connectivity index (χ2v) is 5.54. The molecule has 0 saturated heterocycles. The van der Waals surface area contributed by atoms with E-state index in [1.165, 1.54) is 6.08 Å². The number of benzene rings is 2. The van der Waals surface area contributed by atoms with E-state index in [1.54, 1.807) is 13.2 Å². The van der Waals surface area contributed by atoms with Crippen molar-refractivity contribution in [2.75, 3.05) is 13.7 Å². The van der Waals surface area contributed by atoms with Gasteiger partial charge >= 0.3 is 5.97 Å². The maximum atomic E-state index is 11.6. The zero-order chi connectivity index (χ0) is 17.9. The van der Waals surface area contributed by atoms with Gasteiger partial charge in [-0.25, -0.2) is 4.79 Å². The Morgan fingerprint density at radius 3 is 2.60 bits per heavy atom. The standard InChI is InChI=1S/C21H24O4/c1-3-4-14-24-21(22)13-11-17-10-12-19(23-2)20(15-17)25-16-18-8-6-5-7-9-18/h5-13,15H,3-4,14,16H2,1-2H3/b13-11+. The zero-order valence-electron chi connectivity index (χ0n) is 14.7. The Bertz CT molecular complexity index is 692. The van der Waals surface area contributed by atoms with Gasteiger partial charge in [-0.05, 0) is 35.8 Å². The highest BCUT2D eigenvalue weighted by Gasteiger charge is 2.06. The molecule has 0 unspecified atom stereocenters. The first kappa shape index (κ1) is 18.6. The van der Waals surface area contributed by atoms with Crippen LogP contribution in [0.15, 0.2) is 54.6 Å². The highest BCUT2D eigenvalue weighted by molar-refractivity contribution is 5.87. The number of carbonyl (C=O) groups is 1. The van der Waals surface area contributed by atoms with Gasteiger partial charge in [-0.2, -0.15) is 0 Å². The van der Waals surface area contributed by atoms with Crippen molar-refractivity contribution in [2.45, 2.75) is 26.4 Å². The monoisotopic (exact) mass is 340 g/mol. The summed E-state index contributed by atoms with van der Waals surface area (Å²) in [5.74, 6) is 0.947. The molecule has 0 aromatic heterocycles. The number of hydrogen-bond donors (Lipinski definition) is 0. The first-order valence-electron chi connectivity index (χ1n) is 8.42. The molecular formula is C21H24O4. The van der Waals surface area contributed by atoms with E-state index in [-0.39, 0.29) is 5.97 Å². The van der Waals surface area contributed by atoms with Crippen molar-refractivity contribution in [1.29, 1.82) is 0 Å². The number of ether oxygens (including phenoxy) is 3. The van der Waals surface area contributed by atoms with Crippen LogP contribution in [-0.4, -0.2) is 19.7 Å². The van der Waals surface area contributed by atoms with Crippen molar-refractivity contribution >= 4 is 12.0 Å². The lowest BCUT2D eigenvalue weighted by Gasteiger charge is -2.11. The van der Waals surface area contributed by atoms with Gasteiger partial charge in [0.15, 0.2) is 11.5 Å². The molecule has 0 atom stereocenters. The Hall–Kier alpha value is -2.75. The molecule has 0 aliphatic carbocycles. The SMILES string of the molecule is CCCCOC(=O)/C=C/c1ccc(OC)c(OCc2ccccc2)c1. The Labute approximate surface area is 149 Å². The zero-order valence-corrected chi connectivity index (χ0v) is 14.7. The van der Waals surface area contributed by atoms with Gasteiger partial charge in [0.05, 0.1) is 13.7 Å². The third-order valence-corrected chi connectivity index (χ3v) is 3.58. The third-order valence-electron chi connectivity index (χ3n) is 3.58. The highest BCUT2D eigenvalue weighted by atomic mass is 16.5. The molecule has 2 rings (SSSR count). The van der Waals surface area contributed by atoms with Crippen LogP contribution in [0.3, 0.4) is 0 Å². The average Bonchev–Trinajstić information content (AvgIpc) is 2.66. The van der Waals surface area contributed by atoms with Crippen LogP contribution in [0.1, 0.15) is 30.9 Å². The lowest BCUT2D eigenvalue weighted by atomic mass is 10.2. The van der Waals surface area contributed by atoms with E-state index in [2.05, 4.69) is 6.92 Å². The molecule has 0 saturated carbocycles. The Morgan fingerprint density at radius 2 is 1.88 bits per heavy atom. The summed E-state index contributed by atoms with van der Waals surface area (Å²) < 4.78 is 16.3. The molecule has 132 valence electrons. The van der Waals surface area contributed by atoms with Gasteiger partial charge in [-0.15, -0.1) is 0 Å². The average molecular weight is 340 g/mol. The van der Waals surface area contributed by atoms with E-state index in [0.29, 0.717) is 24.7 Å². The summed E-state index contributed by atoms with van der Waals surface area (Å²) in [6.45, 7) is 2.95. The van der Waals surface area contributed by atoms with Crippen LogP contribution >= 0.6 is 0 Å². The van der Waals surface area contributed by atoms with E-state index < -0.39 is 0 Å². The van der Waals surface area contributed by atoms with Crippen LogP contribution in [0.25, 0.3) is 6.08 Å². The van der Waals surface area contributed by atoms with Crippen molar-refractivity contribution in [3.63, 3.8) is 0 Å². The molecule has 0 radical (unpaired) electrons. The summed E-state index contributed by atoms with van der Waals surface area (Å²) >= 11 is 0. The number of carbonyl (C=O) groups excluding carboxylic acids is 1.